The lowest BCUT2D eigenvalue weighted by atomic mass is 10.1. The third-order valence-electron chi connectivity index (χ3n) is 2.66. The Kier molecular flexibility index (Phi) is 5.69. The highest BCUT2D eigenvalue weighted by Gasteiger charge is 2.14. The molecule has 0 saturated heterocycles. The summed E-state index contributed by atoms with van der Waals surface area (Å²) < 4.78 is 22.6. The van der Waals surface area contributed by atoms with Crippen molar-refractivity contribution in [1.82, 2.24) is 0 Å². The van der Waals surface area contributed by atoms with Crippen LogP contribution in [-0.4, -0.2) is 36.9 Å². The van der Waals surface area contributed by atoms with Gasteiger partial charge in [-0.1, -0.05) is 19.1 Å². The van der Waals surface area contributed by atoms with Gasteiger partial charge in [0, 0.05) is 17.9 Å². The van der Waals surface area contributed by atoms with Crippen molar-refractivity contribution in [3.63, 3.8) is 0 Å². The first kappa shape index (κ1) is 16.2. The molecule has 0 spiro atoms. The number of carboxylic acid groups (broad SMARTS) is 1. The first-order valence-electron chi connectivity index (χ1n) is 6.13. The van der Waals surface area contributed by atoms with Crippen LogP contribution in [0.25, 0.3) is 0 Å². The number of carbonyl (C=O) groups is 2. The molecule has 1 aromatic rings. The number of anilines is 1. The molecule has 0 aliphatic carbocycles. The Morgan fingerprint density at radius 2 is 1.80 bits per heavy atom. The van der Waals surface area contributed by atoms with E-state index in [-0.39, 0.29) is 12.2 Å². The molecule has 0 atom stereocenters. The average molecular weight is 299 g/mol. The lowest BCUT2D eigenvalue weighted by Crippen LogP contribution is -2.23. The number of rotatable bonds is 7. The van der Waals surface area contributed by atoms with E-state index in [9.17, 15) is 18.0 Å². The fraction of sp³-hybridized carbons (Fsp3) is 0.385. The molecule has 0 aromatic heterocycles. The normalized spacial score (nSPS) is 11.1. The van der Waals surface area contributed by atoms with E-state index in [1.807, 2.05) is 0 Å². The number of carbonyl (C=O) groups excluding carboxylic acids is 1. The first-order valence-corrected chi connectivity index (χ1v) is 7.95. The van der Waals surface area contributed by atoms with E-state index in [0.717, 1.165) is 5.56 Å². The van der Waals surface area contributed by atoms with Gasteiger partial charge in [0.25, 0.3) is 0 Å². The van der Waals surface area contributed by atoms with Crippen molar-refractivity contribution >= 4 is 27.4 Å². The number of benzene rings is 1. The molecular formula is C13H17NO5S. The summed E-state index contributed by atoms with van der Waals surface area (Å²) in [6.07, 6.45) is 0.453. The zero-order chi connectivity index (χ0) is 15.2. The Bertz CT molecular complexity index is 577. The molecule has 20 heavy (non-hydrogen) atoms. The van der Waals surface area contributed by atoms with Crippen molar-refractivity contribution in [1.29, 1.82) is 0 Å². The molecule has 0 unspecified atom stereocenters. The number of hydrogen-bond acceptors (Lipinski definition) is 4. The van der Waals surface area contributed by atoms with Crippen LogP contribution >= 0.6 is 0 Å². The van der Waals surface area contributed by atoms with Crippen LogP contribution in [0.5, 0.6) is 0 Å². The van der Waals surface area contributed by atoms with Crippen LogP contribution in [-0.2, 0) is 25.8 Å². The van der Waals surface area contributed by atoms with Crippen LogP contribution in [0.4, 0.5) is 5.69 Å². The molecule has 110 valence electrons. The smallest absolute Gasteiger partial charge is 0.303 e. The Balaban J connectivity index is 2.57. The molecule has 1 aromatic carbocycles. The number of nitrogens with one attached hydrogen (secondary N) is 1. The van der Waals surface area contributed by atoms with Crippen molar-refractivity contribution in [3.8, 4) is 0 Å². The summed E-state index contributed by atoms with van der Waals surface area (Å²) in [5.74, 6) is -2.06. The number of aryl methyl sites for hydroxylation is 1. The second-order valence-electron chi connectivity index (χ2n) is 4.32. The molecule has 1 amide bonds. The average Bonchev–Trinajstić information content (AvgIpc) is 2.37. The van der Waals surface area contributed by atoms with Crippen molar-refractivity contribution in [2.75, 3.05) is 16.8 Å². The van der Waals surface area contributed by atoms with E-state index >= 15 is 0 Å². The molecule has 0 fully saturated rings. The van der Waals surface area contributed by atoms with Gasteiger partial charge in [-0.3, -0.25) is 9.59 Å². The summed E-state index contributed by atoms with van der Waals surface area (Å²) in [6, 6.07) is 6.64. The van der Waals surface area contributed by atoms with Crippen LogP contribution in [0.1, 0.15) is 18.9 Å². The lowest BCUT2D eigenvalue weighted by Gasteiger charge is -2.06. The van der Waals surface area contributed by atoms with Gasteiger partial charge in [-0.05, 0) is 24.1 Å². The van der Waals surface area contributed by atoms with E-state index < -0.39 is 27.5 Å². The minimum Gasteiger partial charge on any atom is -0.481 e. The number of aliphatic carboxylic acids is 1. The molecule has 0 bridgehead atoms. The Morgan fingerprint density at radius 3 is 2.30 bits per heavy atom. The summed E-state index contributed by atoms with van der Waals surface area (Å²) in [5, 5.41) is 11.1. The fourth-order valence-electron chi connectivity index (χ4n) is 1.50. The van der Waals surface area contributed by atoms with Gasteiger partial charge in [0.05, 0.1) is 0 Å². The summed E-state index contributed by atoms with van der Waals surface area (Å²) in [5.41, 5.74) is 1.33. The van der Waals surface area contributed by atoms with Crippen molar-refractivity contribution in [2.45, 2.75) is 19.8 Å². The third kappa shape index (κ3) is 5.83. The zero-order valence-corrected chi connectivity index (χ0v) is 11.9. The fourth-order valence-corrected chi connectivity index (χ4v) is 2.18. The maximum absolute atomic E-state index is 11.5. The van der Waals surface area contributed by atoms with Crippen LogP contribution in [0.15, 0.2) is 24.3 Å². The second-order valence-corrected chi connectivity index (χ2v) is 6.67. The van der Waals surface area contributed by atoms with Gasteiger partial charge in [0.1, 0.15) is 5.75 Å². The van der Waals surface area contributed by atoms with Gasteiger partial charge in [0.15, 0.2) is 9.84 Å². The minimum atomic E-state index is -3.34. The molecule has 0 saturated carbocycles. The van der Waals surface area contributed by atoms with E-state index in [0.29, 0.717) is 12.1 Å². The predicted molar refractivity (Wildman–Crippen MR) is 75.4 cm³/mol. The lowest BCUT2D eigenvalue weighted by molar-refractivity contribution is -0.137. The molecule has 0 heterocycles. The number of hydrogen-bond donors (Lipinski definition) is 2. The number of sulfone groups is 1. The van der Waals surface area contributed by atoms with Gasteiger partial charge >= 0.3 is 5.97 Å². The molecule has 6 nitrogen and oxygen atoms in total. The van der Waals surface area contributed by atoms with Crippen molar-refractivity contribution in [3.05, 3.63) is 29.8 Å². The monoisotopic (exact) mass is 299 g/mol. The highest BCUT2D eigenvalue weighted by Crippen LogP contribution is 2.11. The van der Waals surface area contributed by atoms with E-state index in [1.165, 1.54) is 6.92 Å². The van der Waals surface area contributed by atoms with Gasteiger partial charge in [-0.2, -0.15) is 0 Å². The van der Waals surface area contributed by atoms with Gasteiger partial charge < -0.3 is 10.4 Å². The largest absolute Gasteiger partial charge is 0.481 e. The Hall–Kier alpha value is -1.89. The molecule has 0 aliphatic rings. The number of carboxylic acids is 1. The molecule has 0 aliphatic heterocycles. The van der Waals surface area contributed by atoms with Gasteiger partial charge in [-0.15, -0.1) is 0 Å². The van der Waals surface area contributed by atoms with Crippen LogP contribution < -0.4 is 5.32 Å². The quantitative estimate of drug-likeness (QED) is 0.784. The SMILES string of the molecule is CCS(=O)(=O)CC(=O)Nc1ccc(CCC(=O)O)cc1. The Morgan fingerprint density at radius 1 is 1.20 bits per heavy atom. The molecular weight excluding hydrogens is 282 g/mol. The van der Waals surface area contributed by atoms with Crippen LogP contribution in [0.3, 0.4) is 0 Å². The highest BCUT2D eigenvalue weighted by molar-refractivity contribution is 7.92. The molecule has 7 heteroatoms. The third-order valence-corrected chi connectivity index (χ3v) is 4.24. The maximum atomic E-state index is 11.5. The first-order chi connectivity index (χ1) is 9.32. The van der Waals surface area contributed by atoms with Gasteiger partial charge in [0.2, 0.25) is 5.91 Å². The van der Waals surface area contributed by atoms with Gasteiger partial charge in [-0.25, -0.2) is 8.42 Å². The molecule has 1 rings (SSSR count). The van der Waals surface area contributed by atoms with Crippen molar-refractivity contribution in [2.24, 2.45) is 0 Å². The predicted octanol–water partition coefficient (Wildman–Crippen LogP) is 1.08. The number of amides is 1. The zero-order valence-electron chi connectivity index (χ0n) is 11.1. The van der Waals surface area contributed by atoms with Crippen LogP contribution in [0, 0.1) is 0 Å². The summed E-state index contributed by atoms with van der Waals surface area (Å²) >= 11 is 0. The summed E-state index contributed by atoms with van der Waals surface area (Å²) in [6.45, 7) is 1.49. The standard InChI is InChI=1S/C13H17NO5S/c1-2-20(18,19)9-12(15)14-11-6-3-10(4-7-11)5-8-13(16)17/h3-4,6-7H,2,5,8-9H2,1H3,(H,14,15)(H,16,17). The highest BCUT2D eigenvalue weighted by atomic mass is 32.2. The summed E-state index contributed by atoms with van der Waals surface area (Å²) in [7, 11) is -3.34. The molecule has 2 N–H and O–H groups in total. The van der Waals surface area contributed by atoms with Crippen molar-refractivity contribution < 1.29 is 23.1 Å². The van der Waals surface area contributed by atoms with E-state index in [4.69, 9.17) is 5.11 Å². The maximum Gasteiger partial charge on any atom is 0.303 e. The topological polar surface area (TPSA) is 101 Å². The van der Waals surface area contributed by atoms with E-state index in [1.54, 1.807) is 24.3 Å². The van der Waals surface area contributed by atoms with E-state index in [2.05, 4.69) is 5.32 Å². The van der Waals surface area contributed by atoms with Crippen LogP contribution in [0.2, 0.25) is 0 Å². The Labute approximate surface area is 117 Å². The summed E-state index contributed by atoms with van der Waals surface area (Å²) in [4.78, 5) is 22.0. The minimum absolute atomic E-state index is 0.0421. The second kappa shape index (κ2) is 7.04. The molecule has 0 radical (unpaired) electrons.